The van der Waals surface area contributed by atoms with E-state index < -0.39 is 32.9 Å². The fourth-order valence-electron chi connectivity index (χ4n) is 1.36. The van der Waals surface area contributed by atoms with E-state index in [1.807, 2.05) is 4.72 Å². The van der Waals surface area contributed by atoms with Gasteiger partial charge in [0.1, 0.15) is 5.82 Å². The van der Waals surface area contributed by atoms with Crippen LogP contribution in [0.2, 0.25) is 0 Å². The van der Waals surface area contributed by atoms with Gasteiger partial charge in [-0.2, -0.15) is 11.3 Å². The van der Waals surface area contributed by atoms with Crippen LogP contribution in [-0.2, 0) is 10.0 Å². The molecule has 0 saturated heterocycles. The van der Waals surface area contributed by atoms with Gasteiger partial charge < -0.3 is 0 Å². The summed E-state index contributed by atoms with van der Waals surface area (Å²) in [6.45, 7) is 0. The summed E-state index contributed by atoms with van der Waals surface area (Å²) in [5.74, 6) is -2.29. The van der Waals surface area contributed by atoms with Crippen molar-refractivity contribution in [3.63, 3.8) is 0 Å². The van der Waals surface area contributed by atoms with Gasteiger partial charge in [-0.3, -0.25) is 9.52 Å². The molecule has 2 rings (SSSR count). The lowest BCUT2D eigenvalue weighted by Gasteiger charge is -2.09. The van der Waals surface area contributed by atoms with Gasteiger partial charge in [0.05, 0.1) is 16.1 Å². The number of carbonyl (C=O) groups excluding carboxylic acids is 1. The molecular formula is C11H7F2NO3S2. The zero-order valence-electron chi connectivity index (χ0n) is 9.26. The first-order valence-corrected chi connectivity index (χ1v) is 7.36. The Morgan fingerprint density at radius 2 is 1.95 bits per heavy atom. The van der Waals surface area contributed by atoms with Gasteiger partial charge in [-0.15, -0.1) is 0 Å². The molecule has 1 heterocycles. The first-order valence-electron chi connectivity index (χ1n) is 4.94. The molecule has 0 saturated carbocycles. The second kappa shape index (κ2) is 5.06. The Balaban J connectivity index is 2.43. The first-order chi connectivity index (χ1) is 8.95. The third-order valence-electron chi connectivity index (χ3n) is 2.29. The molecular weight excluding hydrogens is 296 g/mol. The number of benzene rings is 1. The van der Waals surface area contributed by atoms with Crippen molar-refractivity contribution in [3.8, 4) is 0 Å². The van der Waals surface area contributed by atoms with Crippen LogP contribution < -0.4 is 4.72 Å². The Labute approximate surface area is 111 Å². The molecule has 0 atom stereocenters. The van der Waals surface area contributed by atoms with Gasteiger partial charge in [0.2, 0.25) is 0 Å². The molecule has 100 valence electrons. The minimum absolute atomic E-state index is 0.00689. The van der Waals surface area contributed by atoms with Gasteiger partial charge in [0, 0.05) is 5.38 Å². The van der Waals surface area contributed by atoms with Crippen molar-refractivity contribution < 1.29 is 22.0 Å². The van der Waals surface area contributed by atoms with Gasteiger partial charge in [0.25, 0.3) is 10.0 Å². The van der Waals surface area contributed by atoms with Gasteiger partial charge in [-0.1, -0.05) is 0 Å². The number of carbonyl (C=O) groups is 1. The number of aldehydes is 1. The summed E-state index contributed by atoms with van der Waals surface area (Å²) in [5.41, 5.74) is -1.29. The molecule has 0 spiro atoms. The molecule has 1 aromatic carbocycles. The predicted octanol–water partition coefficient (Wildman–Crippen LogP) is 2.64. The van der Waals surface area contributed by atoms with E-state index >= 15 is 0 Å². The molecule has 0 aliphatic heterocycles. The topological polar surface area (TPSA) is 63.2 Å². The van der Waals surface area contributed by atoms with Crippen LogP contribution in [0.5, 0.6) is 0 Å². The average Bonchev–Trinajstić information content (AvgIpc) is 2.88. The lowest BCUT2D eigenvalue weighted by Crippen LogP contribution is -2.14. The highest BCUT2D eigenvalue weighted by Gasteiger charge is 2.19. The molecule has 19 heavy (non-hydrogen) atoms. The Kier molecular flexibility index (Phi) is 3.63. The SMILES string of the molecule is O=Cc1c(F)ccc(NS(=O)(=O)c2ccsc2)c1F. The van der Waals surface area contributed by atoms with Crippen LogP contribution in [-0.4, -0.2) is 14.7 Å². The summed E-state index contributed by atoms with van der Waals surface area (Å²) in [6.07, 6.45) is -0.00689. The van der Waals surface area contributed by atoms with Crippen molar-refractivity contribution >= 4 is 33.3 Å². The standard InChI is InChI=1S/C11H7F2NO3S2/c12-9-1-2-10(11(13)8(9)5-15)14-19(16,17)7-3-4-18-6-7/h1-6,14H. The van der Waals surface area contributed by atoms with Gasteiger partial charge in [-0.25, -0.2) is 17.2 Å². The highest BCUT2D eigenvalue weighted by atomic mass is 32.2. The van der Waals surface area contributed by atoms with Gasteiger partial charge in [-0.05, 0) is 23.6 Å². The van der Waals surface area contributed by atoms with Crippen LogP contribution in [0, 0.1) is 11.6 Å². The molecule has 0 aliphatic rings. The summed E-state index contributed by atoms with van der Waals surface area (Å²) >= 11 is 1.16. The Morgan fingerprint density at radius 3 is 2.53 bits per heavy atom. The van der Waals surface area contributed by atoms with Crippen LogP contribution in [0.1, 0.15) is 10.4 Å². The number of hydrogen-bond acceptors (Lipinski definition) is 4. The molecule has 2 aromatic rings. The molecule has 4 nitrogen and oxygen atoms in total. The number of nitrogens with one attached hydrogen (secondary N) is 1. The van der Waals surface area contributed by atoms with Gasteiger partial charge in [0.15, 0.2) is 12.1 Å². The number of hydrogen-bond donors (Lipinski definition) is 1. The summed E-state index contributed by atoms with van der Waals surface area (Å²) in [5, 5.41) is 2.91. The van der Waals surface area contributed by atoms with E-state index in [2.05, 4.69) is 0 Å². The van der Waals surface area contributed by atoms with Crippen molar-refractivity contribution in [2.75, 3.05) is 4.72 Å². The monoisotopic (exact) mass is 303 g/mol. The van der Waals surface area contributed by atoms with E-state index in [1.165, 1.54) is 11.4 Å². The van der Waals surface area contributed by atoms with E-state index in [1.54, 1.807) is 5.38 Å². The van der Waals surface area contributed by atoms with Crippen LogP contribution in [0.4, 0.5) is 14.5 Å². The molecule has 0 unspecified atom stereocenters. The number of halogens is 2. The zero-order valence-corrected chi connectivity index (χ0v) is 10.9. The summed E-state index contributed by atoms with van der Waals surface area (Å²) in [7, 11) is -3.95. The Hall–Kier alpha value is -1.80. The Bertz CT molecular complexity index is 712. The third-order valence-corrected chi connectivity index (χ3v) is 4.49. The van der Waals surface area contributed by atoms with Crippen LogP contribution >= 0.6 is 11.3 Å². The van der Waals surface area contributed by atoms with Crippen LogP contribution in [0.25, 0.3) is 0 Å². The highest BCUT2D eigenvalue weighted by Crippen LogP contribution is 2.23. The van der Waals surface area contributed by atoms with Crippen LogP contribution in [0.15, 0.2) is 33.9 Å². The number of thiophene rings is 1. The van der Waals surface area contributed by atoms with Crippen molar-refractivity contribution in [1.82, 2.24) is 0 Å². The highest BCUT2D eigenvalue weighted by molar-refractivity contribution is 7.92. The van der Waals surface area contributed by atoms with E-state index in [4.69, 9.17) is 0 Å². The fraction of sp³-hybridized carbons (Fsp3) is 0. The third kappa shape index (κ3) is 2.64. The van der Waals surface area contributed by atoms with E-state index in [0.29, 0.717) is 0 Å². The maximum absolute atomic E-state index is 13.7. The number of sulfonamides is 1. The zero-order chi connectivity index (χ0) is 14.0. The first kappa shape index (κ1) is 13.6. The summed E-state index contributed by atoms with van der Waals surface area (Å²) in [4.78, 5) is 10.5. The predicted molar refractivity (Wildman–Crippen MR) is 66.9 cm³/mol. The summed E-state index contributed by atoms with van der Waals surface area (Å²) in [6, 6.07) is 3.08. The number of rotatable bonds is 4. The molecule has 8 heteroatoms. The Morgan fingerprint density at radius 1 is 1.21 bits per heavy atom. The van der Waals surface area contributed by atoms with Gasteiger partial charge >= 0.3 is 0 Å². The average molecular weight is 303 g/mol. The van der Waals surface area contributed by atoms with E-state index in [0.717, 1.165) is 23.5 Å². The molecule has 1 aromatic heterocycles. The molecule has 0 amide bonds. The lowest BCUT2D eigenvalue weighted by atomic mass is 10.2. The largest absolute Gasteiger partial charge is 0.298 e. The maximum atomic E-state index is 13.7. The maximum Gasteiger partial charge on any atom is 0.262 e. The van der Waals surface area contributed by atoms with Crippen molar-refractivity contribution in [3.05, 3.63) is 46.2 Å². The smallest absolute Gasteiger partial charge is 0.262 e. The molecule has 0 radical (unpaired) electrons. The second-order valence-corrected chi connectivity index (χ2v) is 5.97. The fourth-order valence-corrected chi connectivity index (χ4v) is 3.45. The molecule has 0 aliphatic carbocycles. The number of anilines is 1. The molecule has 1 N–H and O–H groups in total. The minimum atomic E-state index is -3.95. The second-order valence-electron chi connectivity index (χ2n) is 3.51. The molecule has 0 bridgehead atoms. The normalized spacial score (nSPS) is 11.3. The van der Waals surface area contributed by atoms with Crippen molar-refractivity contribution in [2.45, 2.75) is 4.90 Å². The quantitative estimate of drug-likeness (QED) is 0.883. The van der Waals surface area contributed by atoms with Crippen molar-refractivity contribution in [2.24, 2.45) is 0 Å². The van der Waals surface area contributed by atoms with Crippen molar-refractivity contribution in [1.29, 1.82) is 0 Å². The molecule has 0 fully saturated rings. The van der Waals surface area contributed by atoms with E-state index in [-0.39, 0.29) is 11.2 Å². The van der Waals surface area contributed by atoms with Crippen LogP contribution in [0.3, 0.4) is 0 Å². The lowest BCUT2D eigenvalue weighted by molar-refractivity contribution is 0.111. The van der Waals surface area contributed by atoms with E-state index in [9.17, 15) is 22.0 Å². The minimum Gasteiger partial charge on any atom is -0.298 e. The summed E-state index contributed by atoms with van der Waals surface area (Å²) < 4.78 is 52.5.